The molecule has 254 valence electrons. The number of epoxide rings is 1. The summed E-state index contributed by atoms with van der Waals surface area (Å²) in [5, 5.41) is 14.8. The predicted octanol–water partition coefficient (Wildman–Crippen LogP) is 2.70. The SMILES string of the molecule is CN1CCC(C2CCN(C(=O)C(Cc3ccc4[nH]ncc4c3)NC(=O)ON3CC4OC4(N4CN=CN4)C(c4ccccc4)C3)CC2)CC1. The number of H-pyrrole nitrogens is 1. The minimum atomic E-state index is -0.765. The Balaban J connectivity index is 0.952. The molecular weight excluding hydrogens is 610 g/mol. The van der Waals surface area contributed by atoms with Crippen molar-refractivity contribution >= 4 is 29.2 Å². The number of aromatic nitrogens is 2. The summed E-state index contributed by atoms with van der Waals surface area (Å²) in [5.41, 5.74) is 5.61. The van der Waals surface area contributed by atoms with E-state index in [4.69, 9.17) is 9.57 Å². The quantitative estimate of drug-likeness (QED) is 0.313. The van der Waals surface area contributed by atoms with Crippen LogP contribution in [0, 0.1) is 11.8 Å². The molecule has 4 saturated heterocycles. The Kier molecular flexibility index (Phi) is 8.53. The van der Waals surface area contributed by atoms with E-state index in [-0.39, 0.29) is 17.9 Å². The number of aliphatic imine (C=N–C) groups is 1. The average Bonchev–Trinajstić information content (AvgIpc) is 3.41. The lowest BCUT2D eigenvalue weighted by Gasteiger charge is -2.40. The number of likely N-dealkylation sites (tertiary alicyclic amines) is 2. The summed E-state index contributed by atoms with van der Waals surface area (Å²) in [6, 6.07) is 15.4. The molecule has 0 radical (unpaired) electrons. The van der Waals surface area contributed by atoms with Gasteiger partial charge < -0.3 is 30.1 Å². The Bertz CT molecular complexity index is 1630. The van der Waals surface area contributed by atoms with Crippen LogP contribution in [0.4, 0.5) is 4.79 Å². The van der Waals surface area contributed by atoms with Crippen LogP contribution >= 0.6 is 0 Å². The van der Waals surface area contributed by atoms with Crippen LogP contribution in [0.3, 0.4) is 0 Å². The molecule has 3 aromatic rings. The zero-order valence-corrected chi connectivity index (χ0v) is 27.5. The van der Waals surface area contributed by atoms with E-state index < -0.39 is 17.9 Å². The second-order valence-corrected chi connectivity index (χ2v) is 14.1. The lowest BCUT2D eigenvalue weighted by Crippen LogP contribution is -2.57. The molecule has 13 nitrogen and oxygen atoms in total. The molecule has 0 bridgehead atoms. The third-order valence-corrected chi connectivity index (χ3v) is 11.2. The van der Waals surface area contributed by atoms with Gasteiger partial charge in [-0.3, -0.25) is 14.9 Å². The number of piperidine rings is 3. The standard InChI is InChI=1S/C35H45N9O4/c1-41-13-9-25(10-14-41)26-11-15-42(16-12-26)33(45)31(18-24-7-8-30-28(17-24)19-37-40-30)39-34(46)48-43-20-29(27-5-3-2-4-6-27)35(32(21-43)47-35)44-23-36-22-38-44/h2-8,17,19,22,25-26,29,31-32H,9-16,18,20-21,23H2,1H3,(H,36,38)(H,37,40)(H,39,46). The lowest BCUT2D eigenvalue weighted by atomic mass is 9.79. The van der Waals surface area contributed by atoms with Crippen molar-refractivity contribution in [3.63, 3.8) is 0 Å². The monoisotopic (exact) mass is 655 g/mol. The van der Waals surface area contributed by atoms with Crippen LogP contribution in [-0.2, 0) is 20.8 Å². The summed E-state index contributed by atoms with van der Waals surface area (Å²) in [6.45, 7) is 5.07. The second kappa shape index (κ2) is 13.1. The summed E-state index contributed by atoms with van der Waals surface area (Å²) in [6.07, 6.45) is 7.48. The molecule has 5 aliphatic heterocycles. The summed E-state index contributed by atoms with van der Waals surface area (Å²) in [7, 11) is 2.20. The van der Waals surface area contributed by atoms with Crippen LogP contribution < -0.4 is 10.7 Å². The van der Waals surface area contributed by atoms with Crippen LogP contribution in [0.25, 0.3) is 10.9 Å². The maximum atomic E-state index is 14.1. The molecule has 0 aliphatic carbocycles. The first-order chi connectivity index (χ1) is 23.5. The van der Waals surface area contributed by atoms with Gasteiger partial charge in [-0.2, -0.15) is 10.1 Å². The van der Waals surface area contributed by atoms with E-state index in [1.54, 1.807) is 17.6 Å². The van der Waals surface area contributed by atoms with Crippen molar-refractivity contribution < 1.29 is 19.2 Å². The van der Waals surface area contributed by atoms with E-state index in [0.29, 0.717) is 45.2 Å². The first-order valence-electron chi connectivity index (χ1n) is 17.3. The Labute approximate surface area is 280 Å². The normalized spacial score (nSPS) is 27.8. The number of nitrogens with one attached hydrogen (secondary N) is 3. The molecule has 0 spiro atoms. The number of fused-ring (bicyclic) bond motifs is 2. The van der Waals surface area contributed by atoms with Crippen molar-refractivity contribution in [2.45, 2.75) is 55.9 Å². The molecule has 4 atom stereocenters. The zero-order chi connectivity index (χ0) is 32.7. The predicted molar refractivity (Wildman–Crippen MR) is 179 cm³/mol. The zero-order valence-electron chi connectivity index (χ0n) is 27.5. The summed E-state index contributed by atoms with van der Waals surface area (Å²) < 4.78 is 6.35. The Morgan fingerprint density at radius 2 is 1.81 bits per heavy atom. The molecule has 5 aliphatic rings. The number of carbonyl (C=O) groups is 2. The molecule has 2 aromatic carbocycles. The van der Waals surface area contributed by atoms with Gasteiger partial charge >= 0.3 is 6.09 Å². The molecule has 0 saturated carbocycles. The smallest absolute Gasteiger partial charge is 0.351 e. The van der Waals surface area contributed by atoms with Gasteiger partial charge in [0.25, 0.3) is 0 Å². The van der Waals surface area contributed by atoms with Crippen LogP contribution in [0.1, 0.15) is 42.7 Å². The first kappa shape index (κ1) is 31.2. The number of amides is 2. The summed E-state index contributed by atoms with van der Waals surface area (Å²) in [5.74, 6) is 1.23. The highest BCUT2D eigenvalue weighted by Gasteiger charge is 2.69. The van der Waals surface area contributed by atoms with Crippen LogP contribution in [0.5, 0.6) is 0 Å². The van der Waals surface area contributed by atoms with E-state index in [1.807, 2.05) is 46.3 Å². The van der Waals surface area contributed by atoms with Crippen molar-refractivity contribution in [1.82, 2.24) is 40.8 Å². The van der Waals surface area contributed by atoms with Gasteiger partial charge in [0.15, 0.2) is 5.72 Å². The highest BCUT2D eigenvalue weighted by atomic mass is 16.7. The molecule has 3 N–H and O–H groups in total. The van der Waals surface area contributed by atoms with Gasteiger partial charge in [-0.05, 0) is 80.9 Å². The highest BCUT2D eigenvalue weighted by Crippen LogP contribution is 2.53. The maximum absolute atomic E-state index is 14.1. The minimum absolute atomic E-state index is 0.0634. The largest absolute Gasteiger partial charge is 0.426 e. The van der Waals surface area contributed by atoms with E-state index >= 15 is 0 Å². The van der Waals surface area contributed by atoms with Crippen molar-refractivity contribution in [1.29, 1.82) is 0 Å². The fourth-order valence-corrected chi connectivity index (χ4v) is 8.43. The third-order valence-electron chi connectivity index (χ3n) is 11.2. The summed E-state index contributed by atoms with van der Waals surface area (Å²) in [4.78, 5) is 42.4. The third kappa shape index (κ3) is 6.15. The fourth-order valence-electron chi connectivity index (χ4n) is 8.43. The number of hydroxylamine groups is 2. The van der Waals surface area contributed by atoms with E-state index in [0.717, 1.165) is 53.9 Å². The van der Waals surface area contributed by atoms with Gasteiger partial charge in [-0.1, -0.05) is 36.4 Å². The number of hydrogen-bond acceptors (Lipinski definition) is 10. The molecular formula is C35H45N9O4. The molecule has 13 heteroatoms. The molecule has 4 unspecified atom stereocenters. The van der Waals surface area contributed by atoms with Gasteiger partial charge in [-0.25, -0.2) is 4.79 Å². The molecule has 6 heterocycles. The van der Waals surface area contributed by atoms with Crippen LogP contribution in [0.2, 0.25) is 0 Å². The number of carbonyl (C=O) groups excluding carboxylic acids is 2. The van der Waals surface area contributed by atoms with E-state index in [2.05, 4.69) is 50.0 Å². The molecule has 48 heavy (non-hydrogen) atoms. The van der Waals surface area contributed by atoms with E-state index in [9.17, 15) is 9.59 Å². The summed E-state index contributed by atoms with van der Waals surface area (Å²) >= 11 is 0. The van der Waals surface area contributed by atoms with Crippen molar-refractivity contribution in [3.05, 3.63) is 65.9 Å². The van der Waals surface area contributed by atoms with Gasteiger partial charge in [-0.15, -0.1) is 5.06 Å². The molecule has 4 fully saturated rings. The van der Waals surface area contributed by atoms with Crippen LogP contribution in [-0.4, -0.2) is 119 Å². The number of ether oxygens (including phenoxy) is 1. The number of rotatable bonds is 8. The maximum Gasteiger partial charge on any atom is 0.426 e. The number of benzene rings is 2. The van der Waals surface area contributed by atoms with Gasteiger partial charge in [0.2, 0.25) is 5.91 Å². The Morgan fingerprint density at radius 1 is 1.04 bits per heavy atom. The molecule has 2 amide bonds. The van der Waals surface area contributed by atoms with Crippen LogP contribution in [0.15, 0.2) is 59.7 Å². The lowest BCUT2D eigenvalue weighted by molar-refractivity contribution is -0.138. The topological polar surface area (TPSA) is 134 Å². The van der Waals surface area contributed by atoms with Gasteiger partial charge in [0, 0.05) is 37.4 Å². The fraction of sp³-hybridized carbons (Fsp3) is 0.543. The Morgan fingerprint density at radius 3 is 2.56 bits per heavy atom. The molecule has 8 rings (SSSR count). The van der Waals surface area contributed by atoms with Crippen molar-refractivity contribution in [3.8, 4) is 0 Å². The second-order valence-electron chi connectivity index (χ2n) is 14.1. The molecule has 1 aromatic heterocycles. The average molecular weight is 656 g/mol. The minimum Gasteiger partial charge on any atom is -0.351 e. The van der Waals surface area contributed by atoms with Gasteiger partial charge in [0.1, 0.15) is 18.8 Å². The first-order valence-corrected chi connectivity index (χ1v) is 17.3. The number of hydrazine groups is 1. The van der Waals surface area contributed by atoms with Crippen molar-refractivity contribution in [2.24, 2.45) is 16.8 Å². The number of hydrogen-bond donors (Lipinski definition) is 3. The van der Waals surface area contributed by atoms with E-state index in [1.165, 1.54) is 12.8 Å². The number of nitrogens with zero attached hydrogens (tertiary/aromatic N) is 6. The van der Waals surface area contributed by atoms with Crippen molar-refractivity contribution in [2.75, 3.05) is 53.0 Å². The van der Waals surface area contributed by atoms with Gasteiger partial charge in [0.05, 0.1) is 24.6 Å². The highest BCUT2D eigenvalue weighted by molar-refractivity contribution is 5.86. The Hall–Kier alpha value is -4.04. The number of aromatic amines is 1.